The number of hydrogen-bond donors (Lipinski definition) is 1. The minimum Gasteiger partial charge on any atom is -0.495 e. The summed E-state index contributed by atoms with van der Waals surface area (Å²) in [5.74, 6) is 0.623. The summed E-state index contributed by atoms with van der Waals surface area (Å²) in [6.45, 7) is 2.56. The number of anilines is 1. The van der Waals surface area contributed by atoms with Crippen LogP contribution in [0.3, 0.4) is 0 Å². The Balaban J connectivity index is 2.39. The minimum atomic E-state index is -0.439. The summed E-state index contributed by atoms with van der Waals surface area (Å²) >= 11 is 0. The quantitative estimate of drug-likeness (QED) is 0.771. The molecule has 1 amide bonds. The molecule has 17 heavy (non-hydrogen) atoms. The van der Waals surface area contributed by atoms with Crippen molar-refractivity contribution in [2.45, 2.75) is 26.2 Å². The Bertz CT molecular complexity index is 352. The Labute approximate surface area is 102 Å². The van der Waals surface area contributed by atoms with Crippen LogP contribution in [0.1, 0.15) is 26.2 Å². The minimum absolute atomic E-state index is 0.439. The van der Waals surface area contributed by atoms with Gasteiger partial charge in [0.2, 0.25) is 0 Å². The maximum absolute atomic E-state index is 11.5. The van der Waals surface area contributed by atoms with Crippen molar-refractivity contribution in [1.82, 2.24) is 0 Å². The van der Waals surface area contributed by atoms with Crippen molar-refractivity contribution >= 4 is 11.8 Å². The number of carbonyl (C=O) groups excluding carboxylic acids is 1. The summed E-state index contributed by atoms with van der Waals surface area (Å²) in [6.07, 6.45) is 2.64. The lowest BCUT2D eigenvalue weighted by Crippen LogP contribution is -2.14. The van der Waals surface area contributed by atoms with Gasteiger partial charge in [-0.05, 0) is 18.6 Å². The monoisotopic (exact) mass is 237 g/mol. The summed E-state index contributed by atoms with van der Waals surface area (Å²) in [5, 5.41) is 2.65. The SMILES string of the molecule is CCCCCOC(=O)Nc1ccccc1OC. The second-order valence-corrected chi connectivity index (χ2v) is 3.67. The number of rotatable bonds is 6. The van der Waals surface area contributed by atoms with Gasteiger partial charge in [0.1, 0.15) is 5.75 Å². The van der Waals surface area contributed by atoms with E-state index in [4.69, 9.17) is 9.47 Å². The van der Waals surface area contributed by atoms with Gasteiger partial charge in [-0.15, -0.1) is 0 Å². The van der Waals surface area contributed by atoms with Crippen molar-refractivity contribution in [1.29, 1.82) is 0 Å². The molecule has 0 saturated heterocycles. The first-order chi connectivity index (χ1) is 8.27. The zero-order valence-electron chi connectivity index (χ0n) is 10.4. The van der Waals surface area contributed by atoms with Gasteiger partial charge in [0, 0.05) is 0 Å². The molecule has 94 valence electrons. The van der Waals surface area contributed by atoms with Gasteiger partial charge in [-0.1, -0.05) is 31.9 Å². The Morgan fingerprint density at radius 2 is 2.06 bits per heavy atom. The van der Waals surface area contributed by atoms with E-state index in [1.807, 2.05) is 12.1 Å². The van der Waals surface area contributed by atoms with Gasteiger partial charge < -0.3 is 9.47 Å². The average Bonchev–Trinajstić information content (AvgIpc) is 2.35. The molecule has 1 rings (SSSR count). The molecule has 0 heterocycles. The van der Waals surface area contributed by atoms with Crippen molar-refractivity contribution in [3.8, 4) is 5.75 Å². The first-order valence-electron chi connectivity index (χ1n) is 5.84. The molecule has 1 aromatic carbocycles. The van der Waals surface area contributed by atoms with Crippen LogP contribution in [-0.4, -0.2) is 19.8 Å². The maximum atomic E-state index is 11.5. The highest BCUT2D eigenvalue weighted by molar-refractivity contribution is 5.86. The topological polar surface area (TPSA) is 47.6 Å². The normalized spacial score (nSPS) is 9.76. The summed E-state index contributed by atoms with van der Waals surface area (Å²) in [4.78, 5) is 11.5. The fourth-order valence-corrected chi connectivity index (χ4v) is 1.41. The van der Waals surface area contributed by atoms with Crippen LogP contribution in [0.25, 0.3) is 0 Å². The number of methoxy groups -OCH3 is 1. The lowest BCUT2D eigenvalue weighted by Gasteiger charge is -2.10. The van der Waals surface area contributed by atoms with Crippen molar-refractivity contribution in [3.05, 3.63) is 24.3 Å². The molecular formula is C13H19NO3. The fourth-order valence-electron chi connectivity index (χ4n) is 1.41. The van der Waals surface area contributed by atoms with Gasteiger partial charge in [-0.25, -0.2) is 4.79 Å². The van der Waals surface area contributed by atoms with E-state index in [1.54, 1.807) is 19.2 Å². The van der Waals surface area contributed by atoms with Crippen LogP contribution in [0.2, 0.25) is 0 Å². The first kappa shape index (κ1) is 13.4. The van der Waals surface area contributed by atoms with Crippen molar-refractivity contribution in [3.63, 3.8) is 0 Å². The van der Waals surface area contributed by atoms with Gasteiger partial charge in [0.25, 0.3) is 0 Å². The summed E-state index contributed by atoms with van der Waals surface area (Å²) in [6, 6.07) is 7.23. The molecule has 0 unspecified atom stereocenters. The van der Waals surface area contributed by atoms with E-state index in [1.165, 1.54) is 0 Å². The van der Waals surface area contributed by atoms with Gasteiger partial charge in [-0.3, -0.25) is 5.32 Å². The van der Waals surface area contributed by atoms with Gasteiger partial charge in [-0.2, -0.15) is 0 Å². The van der Waals surface area contributed by atoms with Crippen LogP contribution >= 0.6 is 0 Å². The number of ether oxygens (including phenoxy) is 2. The molecule has 0 fully saturated rings. The Morgan fingerprint density at radius 3 is 2.76 bits per heavy atom. The molecular weight excluding hydrogens is 218 g/mol. The van der Waals surface area contributed by atoms with Crippen LogP contribution in [0.15, 0.2) is 24.3 Å². The van der Waals surface area contributed by atoms with Crippen molar-refractivity contribution < 1.29 is 14.3 Å². The summed E-state index contributed by atoms with van der Waals surface area (Å²) in [5.41, 5.74) is 0.621. The third-order valence-electron chi connectivity index (χ3n) is 2.32. The number of para-hydroxylation sites is 2. The third kappa shape index (κ3) is 4.76. The number of hydrogen-bond acceptors (Lipinski definition) is 3. The zero-order chi connectivity index (χ0) is 12.5. The molecule has 0 bridgehead atoms. The van der Waals surface area contributed by atoms with E-state index in [-0.39, 0.29) is 0 Å². The molecule has 0 aromatic heterocycles. The Kier molecular flexibility index (Phi) is 5.93. The maximum Gasteiger partial charge on any atom is 0.411 e. The second kappa shape index (κ2) is 7.54. The molecule has 1 aromatic rings. The van der Waals surface area contributed by atoms with Crippen LogP contribution in [0, 0.1) is 0 Å². The standard InChI is InChI=1S/C13H19NO3/c1-3-4-7-10-17-13(15)14-11-8-5-6-9-12(11)16-2/h5-6,8-9H,3-4,7,10H2,1-2H3,(H,14,15). The molecule has 0 aliphatic carbocycles. The number of carbonyl (C=O) groups is 1. The first-order valence-corrected chi connectivity index (χ1v) is 5.84. The van der Waals surface area contributed by atoms with Crippen molar-refractivity contribution in [2.75, 3.05) is 19.0 Å². The van der Waals surface area contributed by atoms with Crippen LogP contribution in [0.5, 0.6) is 5.75 Å². The van der Waals surface area contributed by atoms with E-state index in [0.717, 1.165) is 19.3 Å². The van der Waals surface area contributed by atoms with E-state index in [0.29, 0.717) is 18.0 Å². The average molecular weight is 237 g/mol. The number of amides is 1. The third-order valence-corrected chi connectivity index (χ3v) is 2.32. The van der Waals surface area contributed by atoms with E-state index in [9.17, 15) is 4.79 Å². The highest BCUT2D eigenvalue weighted by Gasteiger charge is 2.06. The Hall–Kier alpha value is -1.71. The summed E-state index contributed by atoms with van der Waals surface area (Å²) in [7, 11) is 1.56. The molecule has 4 heteroatoms. The van der Waals surface area contributed by atoms with Crippen LogP contribution in [-0.2, 0) is 4.74 Å². The van der Waals surface area contributed by atoms with Crippen LogP contribution < -0.4 is 10.1 Å². The highest BCUT2D eigenvalue weighted by Crippen LogP contribution is 2.22. The molecule has 0 atom stereocenters. The van der Waals surface area contributed by atoms with E-state index in [2.05, 4.69) is 12.2 Å². The van der Waals surface area contributed by atoms with E-state index >= 15 is 0 Å². The Morgan fingerprint density at radius 1 is 1.29 bits per heavy atom. The second-order valence-electron chi connectivity index (χ2n) is 3.67. The number of nitrogens with one attached hydrogen (secondary N) is 1. The van der Waals surface area contributed by atoms with Crippen LogP contribution in [0.4, 0.5) is 10.5 Å². The van der Waals surface area contributed by atoms with Gasteiger partial charge in [0.05, 0.1) is 19.4 Å². The van der Waals surface area contributed by atoms with Gasteiger partial charge >= 0.3 is 6.09 Å². The molecule has 0 aliphatic heterocycles. The predicted octanol–water partition coefficient (Wildman–Crippen LogP) is 3.43. The number of benzene rings is 1. The molecule has 4 nitrogen and oxygen atoms in total. The predicted molar refractivity (Wildman–Crippen MR) is 67.5 cm³/mol. The van der Waals surface area contributed by atoms with Crippen molar-refractivity contribution in [2.24, 2.45) is 0 Å². The zero-order valence-corrected chi connectivity index (χ0v) is 10.4. The largest absolute Gasteiger partial charge is 0.495 e. The summed E-state index contributed by atoms with van der Waals surface area (Å²) < 4.78 is 10.2. The molecule has 0 aliphatic rings. The van der Waals surface area contributed by atoms with E-state index < -0.39 is 6.09 Å². The highest BCUT2D eigenvalue weighted by atomic mass is 16.5. The smallest absolute Gasteiger partial charge is 0.411 e. The lowest BCUT2D eigenvalue weighted by molar-refractivity contribution is 0.159. The number of unbranched alkanes of at least 4 members (excludes halogenated alkanes) is 2. The fraction of sp³-hybridized carbons (Fsp3) is 0.462. The molecule has 0 saturated carbocycles. The molecule has 0 spiro atoms. The lowest BCUT2D eigenvalue weighted by atomic mass is 10.3. The molecule has 0 radical (unpaired) electrons. The molecule has 1 N–H and O–H groups in total. The van der Waals surface area contributed by atoms with Gasteiger partial charge in [0.15, 0.2) is 0 Å².